The van der Waals surface area contributed by atoms with Crippen LogP contribution < -0.4 is 5.43 Å². The molecule has 0 atom stereocenters. The molecule has 1 aliphatic heterocycles. The molecule has 6 nitrogen and oxygen atoms in total. The first-order valence-corrected chi connectivity index (χ1v) is 11.9. The molecule has 3 aromatic carbocycles. The number of furan rings is 1. The lowest BCUT2D eigenvalue weighted by molar-refractivity contribution is -0.121. The lowest BCUT2D eigenvalue weighted by atomic mass is 9.98. The largest absolute Gasteiger partial charge is 0.478 e. The van der Waals surface area contributed by atoms with Crippen LogP contribution in [0.25, 0.3) is 28.5 Å². The molecule has 0 saturated carbocycles. The lowest BCUT2D eigenvalue weighted by Gasteiger charge is -2.18. The minimum atomic E-state index is -1.10. The number of nitrogens with one attached hydrogen (secondary N) is 1. The number of carbonyl (C=O) groups excluding carboxylic acids is 1. The lowest BCUT2D eigenvalue weighted by Crippen LogP contribution is -2.34. The minimum Gasteiger partial charge on any atom is -0.478 e. The van der Waals surface area contributed by atoms with E-state index in [4.69, 9.17) is 16.6 Å². The molecule has 2 N–H and O–H groups in total. The van der Waals surface area contributed by atoms with Gasteiger partial charge in [0.05, 0.1) is 16.2 Å². The average Bonchev–Trinajstić information content (AvgIpc) is 3.45. The Morgan fingerprint density at radius 1 is 0.914 bits per heavy atom. The Hall–Kier alpha value is -4.14. The van der Waals surface area contributed by atoms with Gasteiger partial charge in [0, 0.05) is 11.6 Å². The molecule has 1 aromatic heterocycles. The first-order chi connectivity index (χ1) is 17.0. The van der Waals surface area contributed by atoms with E-state index in [1.807, 2.05) is 60.7 Å². The number of hydrogen-bond acceptors (Lipinski definition) is 6. The fourth-order valence-electron chi connectivity index (χ4n) is 3.72. The summed E-state index contributed by atoms with van der Waals surface area (Å²) in [6, 6.07) is 28.0. The summed E-state index contributed by atoms with van der Waals surface area (Å²) in [5.74, 6) is -0.301. The summed E-state index contributed by atoms with van der Waals surface area (Å²) in [5, 5.41) is 10.6. The first-order valence-electron chi connectivity index (χ1n) is 10.6. The molecule has 2 heterocycles. The molecule has 4 aromatic rings. The third-order valence-electron chi connectivity index (χ3n) is 5.36. The van der Waals surface area contributed by atoms with Crippen LogP contribution in [0.4, 0.5) is 5.69 Å². The fourth-order valence-corrected chi connectivity index (χ4v) is 4.88. The van der Waals surface area contributed by atoms with Crippen molar-refractivity contribution in [1.29, 1.82) is 0 Å². The highest BCUT2D eigenvalue weighted by molar-refractivity contribution is 8.26. The number of carbonyl (C=O) groups is 2. The maximum atomic E-state index is 13.0. The van der Waals surface area contributed by atoms with Gasteiger partial charge in [-0.05, 0) is 47.6 Å². The van der Waals surface area contributed by atoms with Crippen LogP contribution in [0.1, 0.15) is 16.1 Å². The number of carboxylic acids is 1. The Morgan fingerprint density at radius 2 is 1.60 bits per heavy atom. The Balaban J connectivity index is 1.40. The highest BCUT2D eigenvalue weighted by Gasteiger charge is 2.33. The first kappa shape index (κ1) is 22.6. The number of anilines is 1. The third-order valence-corrected chi connectivity index (χ3v) is 6.66. The van der Waals surface area contributed by atoms with E-state index >= 15 is 0 Å². The van der Waals surface area contributed by atoms with Gasteiger partial charge in [-0.15, -0.1) is 0 Å². The minimum absolute atomic E-state index is 0.0401. The maximum absolute atomic E-state index is 13.0. The number of thioether (sulfide) groups is 1. The van der Waals surface area contributed by atoms with Crippen molar-refractivity contribution in [1.82, 2.24) is 5.01 Å². The van der Waals surface area contributed by atoms with Gasteiger partial charge in [-0.2, -0.15) is 0 Å². The summed E-state index contributed by atoms with van der Waals surface area (Å²) in [6.45, 7) is 0. The van der Waals surface area contributed by atoms with Gasteiger partial charge in [0.2, 0.25) is 0 Å². The quantitative estimate of drug-likeness (QED) is 0.231. The molecule has 1 aliphatic rings. The van der Waals surface area contributed by atoms with Gasteiger partial charge in [0.1, 0.15) is 11.5 Å². The molecule has 0 bridgehead atoms. The van der Waals surface area contributed by atoms with Crippen LogP contribution in [0.3, 0.4) is 0 Å². The van der Waals surface area contributed by atoms with Gasteiger partial charge in [-0.3, -0.25) is 10.2 Å². The van der Waals surface area contributed by atoms with Gasteiger partial charge in [0.15, 0.2) is 4.32 Å². The fraction of sp³-hybridized carbons (Fsp3) is 0. The number of para-hydroxylation sites is 1. The number of nitrogens with zero attached hydrogens (tertiary/aromatic N) is 1. The van der Waals surface area contributed by atoms with Crippen molar-refractivity contribution in [2.24, 2.45) is 0 Å². The number of hydrazine groups is 1. The zero-order chi connectivity index (χ0) is 24.4. The molecule has 8 heteroatoms. The Kier molecular flexibility index (Phi) is 6.22. The van der Waals surface area contributed by atoms with Crippen molar-refractivity contribution < 1.29 is 19.1 Å². The third kappa shape index (κ3) is 4.62. The van der Waals surface area contributed by atoms with Crippen LogP contribution in [-0.2, 0) is 4.79 Å². The number of thiocarbonyl (C=S) groups is 1. The summed E-state index contributed by atoms with van der Waals surface area (Å²) < 4.78 is 6.35. The molecule has 1 saturated heterocycles. The summed E-state index contributed by atoms with van der Waals surface area (Å²) >= 11 is 6.47. The standard InChI is InChI=1S/C27H18N2O4S2/c30-25-24(35-27(34)29(25)28-22-13-7-6-12-21(22)26(31)32)16-18-14-15-23(33-18)20-11-5-4-10-19(20)17-8-2-1-3-9-17/h1-16,28H,(H,31,32)/b24-16+. The second-order valence-corrected chi connectivity index (χ2v) is 9.27. The molecule has 172 valence electrons. The summed E-state index contributed by atoms with van der Waals surface area (Å²) in [4.78, 5) is 24.9. The molecule has 35 heavy (non-hydrogen) atoms. The smallest absolute Gasteiger partial charge is 0.337 e. The molecule has 1 amide bonds. The SMILES string of the molecule is O=C(O)c1ccccc1NN1C(=O)/C(=C\c2ccc(-c3ccccc3-c3ccccc3)o2)SC1=S. The van der Waals surface area contributed by atoms with Crippen molar-refractivity contribution in [2.75, 3.05) is 5.43 Å². The van der Waals surface area contributed by atoms with Crippen molar-refractivity contribution >= 4 is 51.9 Å². The average molecular weight is 499 g/mol. The molecule has 5 rings (SSSR count). The molecule has 1 fully saturated rings. The molecular weight excluding hydrogens is 480 g/mol. The van der Waals surface area contributed by atoms with Gasteiger partial charge >= 0.3 is 5.97 Å². The van der Waals surface area contributed by atoms with Crippen molar-refractivity contribution in [2.45, 2.75) is 0 Å². The van der Waals surface area contributed by atoms with Crippen LogP contribution in [0.15, 0.2) is 100 Å². The normalized spacial score (nSPS) is 14.5. The second-order valence-electron chi connectivity index (χ2n) is 7.59. The van der Waals surface area contributed by atoms with E-state index in [9.17, 15) is 14.7 Å². The predicted molar refractivity (Wildman–Crippen MR) is 142 cm³/mol. The van der Waals surface area contributed by atoms with E-state index < -0.39 is 5.97 Å². The van der Waals surface area contributed by atoms with E-state index in [1.54, 1.807) is 30.3 Å². The highest BCUT2D eigenvalue weighted by Crippen LogP contribution is 2.36. The highest BCUT2D eigenvalue weighted by atomic mass is 32.2. The number of benzene rings is 3. The zero-order valence-corrected chi connectivity index (χ0v) is 19.8. The van der Waals surface area contributed by atoms with E-state index in [0.717, 1.165) is 28.5 Å². The van der Waals surface area contributed by atoms with Crippen molar-refractivity contribution in [3.8, 4) is 22.5 Å². The number of hydrogen-bond donors (Lipinski definition) is 2. The summed E-state index contributed by atoms with van der Waals surface area (Å²) in [6.07, 6.45) is 1.64. The number of carboxylic acid groups (broad SMARTS) is 1. The zero-order valence-electron chi connectivity index (χ0n) is 18.2. The van der Waals surface area contributed by atoms with E-state index in [2.05, 4.69) is 5.43 Å². The van der Waals surface area contributed by atoms with E-state index in [-0.39, 0.29) is 21.5 Å². The molecule has 0 spiro atoms. The van der Waals surface area contributed by atoms with Gasteiger partial charge < -0.3 is 9.52 Å². The van der Waals surface area contributed by atoms with Crippen LogP contribution >= 0.6 is 24.0 Å². The Labute approximate surface area is 210 Å². The van der Waals surface area contributed by atoms with Crippen LogP contribution in [0, 0.1) is 0 Å². The van der Waals surface area contributed by atoms with Crippen LogP contribution in [-0.4, -0.2) is 26.3 Å². The monoisotopic (exact) mass is 498 g/mol. The van der Waals surface area contributed by atoms with Gasteiger partial charge in [-0.1, -0.05) is 78.5 Å². The molecule has 0 unspecified atom stereocenters. The Bertz CT molecular complexity index is 1480. The van der Waals surface area contributed by atoms with Crippen molar-refractivity contribution in [3.05, 3.63) is 107 Å². The van der Waals surface area contributed by atoms with Crippen molar-refractivity contribution in [3.63, 3.8) is 0 Å². The van der Waals surface area contributed by atoms with Gasteiger partial charge in [-0.25, -0.2) is 9.80 Å². The number of rotatable bonds is 6. The second kappa shape index (κ2) is 9.61. The maximum Gasteiger partial charge on any atom is 0.337 e. The van der Waals surface area contributed by atoms with Crippen LogP contribution in [0.5, 0.6) is 0 Å². The number of amides is 1. The van der Waals surface area contributed by atoms with E-state index in [0.29, 0.717) is 16.4 Å². The summed E-state index contributed by atoms with van der Waals surface area (Å²) in [5.41, 5.74) is 6.21. The molecule has 0 radical (unpaired) electrons. The summed E-state index contributed by atoms with van der Waals surface area (Å²) in [7, 11) is 0. The Morgan fingerprint density at radius 3 is 2.37 bits per heavy atom. The molecular formula is C27H18N2O4S2. The van der Waals surface area contributed by atoms with Crippen LogP contribution in [0.2, 0.25) is 0 Å². The topological polar surface area (TPSA) is 82.8 Å². The van der Waals surface area contributed by atoms with Gasteiger partial charge in [0.25, 0.3) is 5.91 Å². The van der Waals surface area contributed by atoms with E-state index in [1.165, 1.54) is 11.1 Å². The number of aromatic carboxylic acids is 1. The molecule has 0 aliphatic carbocycles. The predicted octanol–water partition coefficient (Wildman–Crippen LogP) is 6.54.